The number of anilines is 2. The van der Waals surface area contributed by atoms with Gasteiger partial charge >= 0.3 is 0 Å². The second kappa shape index (κ2) is 5.09. The third kappa shape index (κ3) is 2.02. The van der Waals surface area contributed by atoms with Gasteiger partial charge in [0.25, 0.3) is 0 Å². The van der Waals surface area contributed by atoms with Crippen molar-refractivity contribution in [3.8, 4) is 5.69 Å². The SMILES string of the molecule is CC(C)Cn1[c-][n+]2c3c(cccc31)N(C)c1cc3ccccc3cc1-2. The molecule has 2 heterocycles. The standard InChI is InChI=1S/C22H21N3/c1-15(2)13-24-14-25-21-12-17-8-5-4-7-16(17)11-20(21)23(3)18-9-6-10-19(24)22(18)25/h4-12,15H,13H2,1-3H3. The number of rotatable bonds is 2. The third-order valence-electron chi connectivity index (χ3n) is 5.08. The molecule has 0 unspecified atom stereocenters. The molecule has 3 nitrogen and oxygen atoms in total. The minimum absolute atomic E-state index is 0.582. The van der Waals surface area contributed by atoms with Crippen LogP contribution in [0, 0.1) is 12.2 Å². The van der Waals surface area contributed by atoms with E-state index >= 15 is 0 Å². The van der Waals surface area contributed by atoms with Crippen molar-refractivity contribution in [2.45, 2.75) is 20.4 Å². The van der Waals surface area contributed by atoms with E-state index in [1.54, 1.807) is 0 Å². The van der Waals surface area contributed by atoms with Gasteiger partial charge in [0, 0.05) is 18.4 Å². The molecular weight excluding hydrogens is 306 g/mol. The number of aromatic nitrogens is 2. The summed E-state index contributed by atoms with van der Waals surface area (Å²) in [5, 5.41) is 2.53. The lowest BCUT2D eigenvalue weighted by Crippen LogP contribution is -2.36. The van der Waals surface area contributed by atoms with Crippen LogP contribution in [-0.2, 0) is 6.54 Å². The smallest absolute Gasteiger partial charge is 0.244 e. The summed E-state index contributed by atoms with van der Waals surface area (Å²) in [4.78, 5) is 2.30. The van der Waals surface area contributed by atoms with E-state index in [2.05, 4.69) is 95.9 Å². The summed E-state index contributed by atoms with van der Waals surface area (Å²) in [5.74, 6) is 0.582. The Kier molecular flexibility index (Phi) is 2.96. The molecule has 1 aliphatic heterocycles. The Balaban J connectivity index is 1.87. The maximum absolute atomic E-state index is 3.61. The lowest BCUT2D eigenvalue weighted by molar-refractivity contribution is -0.572. The third-order valence-corrected chi connectivity index (χ3v) is 5.08. The largest absolute Gasteiger partial charge is 0.354 e. The van der Waals surface area contributed by atoms with Crippen molar-refractivity contribution in [2.75, 3.05) is 11.9 Å². The second-order valence-corrected chi connectivity index (χ2v) is 7.33. The van der Waals surface area contributed by atoms with E-state index in [9.17, 15) is 0 Å². The molecule has 0 N–H and O–H groups in total. The summed E-state index contributed by atoms with van der Waals surface area (Å²) in [6, 6.07) is 19.7. The Morgan fingerprint density at radius 2 is 1.72 bits per heavy atom. The first kappa shape index (κ1) is 14.5. The number of para-hydroxylation sites is 1. The summed E-state index contributed by atoms with van der Waals surface area (Å²) in [6.07, 6.45) is 3.61. The van der Waals surface area contributed by atoms with Crippen molar-refractivity contribution in [3.63, 3.8) is 0 Å². The Labute approximate surface area is 147 Å². The van der Waals surface area contributed by atoms with E-state index in [4.69, 9.17) is 0 Å². The summed E-state index contributed by atoms with van der Waals surface area (Å²) in [6.45, 7) is 5.47. The molecule has 0 saturated heterocycles. The second-order valence-electron chi connectivity index (χ2n) is 7.33. The van der Waals surface area contributed by atoms with Crippen LogP contribution in [0.15, 0.2) is 54.6 Å². The highest BCUT2D eigenvalue weighted by atomic mass is 15.2. The number of fused-ring (bicyclic) bond motifs is 3. The quantitative estimate of drug-likeness (QED) is 0.387. The molecule has 4 aromatic rings. The van der Waals surface area contributed by atoms with Gasteiger partial charge in [0.15, 0.2) is 0 Å². The summed E-state index contributed by atoms with van der Waals surface area (Å²) in [5.41, 5.74) is 6.15. The van der Waals surface area contributed by atoms with Gasteiger partial charge in [-0.15, -0.1) is 0 Å². The molecule has 0 spiro atoms. The van der Waals surface area contributed by atoms with Crippen LogP contribution in [-0.4, -0.2) is 11.6 Å². The van der Waals surface area contributed by atoms with E-state index in [1.165, 1.54) is 38.9 Å². The Bertz CT molecular complexity index is 1120. The van der Waals surface area contributed by atoms with Crippen molar-refractivity contribution in [1.29, 1.82) is 0 Å². The van der Waals surface area contributed by atoms with E-state index in [1.807, 2.05) is 0 Å². The van der Waals surface area contributed by atoms with Gasteiger partial charge in [-0.05, 0) is 34.9 Å². The van der Waals surface area contributed by atoms with Crippen LogP contribution in [0.1, 0.15) is 13.8 Å². The molecule has 0 aliphatic carbocycles. The lowest BCUT2D eigenvalue weighted by atomic mass is 10.1. The normalized spacial score (nSPS) is 13.0. The minimum atomic E-state index is 0.582. The zero-order valence-corrected chi connectivity index (χ0v) is 14.8. The highest BCUT2D eigenvalue weighted by Crippen LogP contribution is 2.38. The summed E-state index contributed by atoms with van der Waals surface area (Å²) in [7, 11) is 2.16. The molecule has 0 amide bonds. The number of nitrogens with zero attached hydrogens (tertiary/aromatic N) is 3. The molecule has 0 bridgehead atoms. The molecule has 3 heteroatoms. The first-order valence-electron chi connectivity index (χ1n) is 8.87. The van der Waals surface area contributed by atoms with Crippen molar-refractivity contribution in [3.05, 3.63) is 60.9 Å². The van der Waals surface area contributed by atoms with Crippen LogP contribution in [0.25, 0.3) is 27.5 Å². The molecule has 0 atom stereocenters. The highest BCUT2D eigenvalue weighted by molar-refractivity contribution is 5.96. The van der Waals surface area contributed by atoms with Crippen molar-refractivity contribution >= 4 is 33.2 Å². The zero-order chi connectivity index (χ0) is 17.1. The fourth-order valence-electron chi connectivity index (χ4n) is 3.93. The van der Waals surface area contributed by atoms with Crippen LogP contribution in [0.5, 0.6) is 0 Å². The number of imidazole rings is 1. The Hall–Kier alpha value is -2.81. The average Bonchev–Trinajstić information content (AvgIpc) is 2.97. The first-order chi connectivity index (χ1) is 12.1. The maximum atomic E-state index is 3.61. The Morgan fingerprint density at radius 1 is 0.960 bits per heavy atom. The van der Waals surface area contributed by atoms with E-state index in [0.29, 0.717) is 5.92 Å². The molecular formula is C22H21N3. The molecule has 124 valence electrons. The van der Waals surface area contributed by atoms with Gasteiger partial charge in [-0.25, -0.2) is 0 Å². The van der Waals surface area contributed by atoms with Gasteiger partial charge < -0.3 is 14.0 Å². The van der Waals surface area contributed by atoms with Crippen molar-refractivity contribution < 1.29 is 4.57 Å². The highest BCUT2D eigenvalue weighted by Gasteiger charge is 2.24. The van der Waals surface area contributed by atoms with Crippen molar-refractivity contribution in [1.82, 2.24) is 4.57 Å². The van der Waals surface area contributed by atoms with Crippen LogP contribution in [0.3, 0.4) is 0 Å². The molecule has 3 aromatic carbocycles. The van der Waals surface area contributed by atoms with E-state index < -0.39 is 0 Å². The topological polar surface area (TPSA) is 12.0 Å². The van der Waals surface area contributed by atoms with Gasteiger partial charge in [0.05, 0.1) is 23.3 Å². The fourth-order valence-corrected chi connectivity index (χ4v) is 3.93. The predicted octanol–water partition coefficient (Wildman–Crippen LogP) is 4.61. The number of hydrogen-bond donors (Lipinski definition) is 0. The molecule has 0 radical (unpaired) electrons. The monoisotopic (exact) mass is 327 g/mol. The van der Waals surface area contributed by atoms with Gasteiger partial charge in [0.2, 0.25) is 6.33 Å². The zero-order valence-electron chi connectivity index (χ0n) is 14.8. The van der Waals surface area contributed by atoms with Crippen LogP contribution in [0.4, 0.5) is 11.4 Å². The molecule has 0 fully saturated rings. The molecule has 1 aliphatic rings. The number of benzene rings is 3. The van der Waals surface area contributed by atoms with Gasteiger partial charge in [-0.2, -0.15) is 0 Å². The summed E-state index contributed by atoms with van der Waals surface area (Å²) >= 11 is 0. The summed E-state index contributed by atoms with van der Waals surface area (Å²) < 4.78 is 4.51. The van der Waals surface area contributed by atoms with Crippen molar-refractivity contribution in [2.24, 2.45) is 5.92 Å². The molecule has 0 saturated carbocycles. The maximum Gasteiger partial charge on any atom is 0.244 e. The van der Waals surface area contributed by atoms with Crippen LogP contribution >= 0.6 is 0 Å². The van der Waals surface area contributed by atoms with Crippen LogP contribution < -0.4 is 9.47 Å². The number of hydrogen-bond acceptors (Lipinski definition) is 1. The van der Waals surface area contributed by atoms with Gasteiger partial charge in [-0.3, -0.25) is 0 Å². The van der Waals surface area contributed by atoms with Gasteiger partial charge in [0.1, 0.15) is 0 Å². The van der Waals surface area contributed by atoms with Gasteiger partial charge in [-0.1, -0.05) is 50.2 Å². The minimum Gasteiger partial charge on any atom is -0.354 e. The fraction of sp³-hybridized carbons (Fsp3) is 0.227. The Morgan fingerprint density at radius 3 is 2.48 bits per heavy atom. The van der Waals surface area contributed by atoms with Crippen LogP contribution in [0.2, 0.25) is 0 Å². The molecule has 1 aromatic heterocycles. The first-order valence-corrected chi connectivity index (χ1v) is 8.87. The predicted molar refractivity (Wildman–Crippen MR) is 103 cm³/mol. The molecule has 25 heavy (non-hydrogen) atoms. The average molecular weight is 327 g/mol. The lowest BCUT2D eigenvalue weighted by Gasteiger charge is -2.30. The van der Waals surface area contributed by atoms with E-state index in [0.717, 1.165) is 6.54 Å². The van der Waals surface area contributed by atoms with E-state index in [-0.39, 0.29) is 0 Å². The molecule has 5 rings (SSSR count).